The van der Waals surface area contributed by atoms with Crippen LogP contribution in [0, 0.1) is 0 Å². The van der Waals surface area contributed by atoms with Crippen LogP contribution in [0.15, 0.2) is 59.6 Å². The molecule has 1 saturated heterocycles. The summed E-state index contributed by atoms with van der Waals surface area (Å²) in [6, 6.07) is 19.3. The second-order valence-corrected chi connectivity index (χ2v) is 6.98. The number of rotatable bonds is 8. The molecule has 0 amide bonds. The van der Waals surface area contributed by atoms with Crippen molar-refractivity contribution in [2.24, 2.45) is 4.99 Å². The van der Waals surface area contributed by atoms with E-state index in [0.29, 0.717) is 6.54 Å². The Balaban J connectivity index is 1.46. The molecule has 1 fully saturated rings. The Morgan fingerprint density at radius 3 is 2.43 bits per heavy atom. The number of guanidine groups is 1. The molecule has 1 aliphatic heterocycles. The molecule has 0 aromatic heterocycles. The summed E-state index contributed by atoms with van der Waals surface area (Å²) in [5, 5.41) is 6.77. The van der Waals surface area contributed by atoms with E-state index in [1.807, 2.05) is 0 Å². The van der Waals surface area contributed by atoms with Gasteiger partial charge in [-0.25, -0.2) is 4.99 Å². The first-order valence-electron chi connectivity index (χ1n) is 10.3. The van der Waals surface area contributed by atoms with Gasteiger partial charge in [0.05, 0.1) is 19.8 Å². The smallest absolute Gasteiger partial charge is 0.191 e. The summed E-state index contributed by atoms with van der Waals surface area (Å²) in [6.07, 6.45) is 2.17. The summed E-state index contributed by atoms with van der Waals surface area (Å²) in [6.45, 7) is 8.11. The lowest BCUT2D eigenvalue weighted by Gasteiger charge is -2.28. The molecule has 28 heavy (non-hydrogen) atoms. The number of aliphatic imine (C=N–C) groups is 1. The molecule has 3 rings (SSSR count). The van der Waals surface area contributed by atoms with E-state index in [1.165, 1.54) is 16.8 Å². The highest BCUT2D eigenvalue weighted by atomic mass is 16.5. The fourth-order valence-electron chi connectivity index (χ4n) is 3.29. The SMILES string of the molecule is CCNC(=NCc1ccc(N2CCOCC2)cc1)NCCCc1ccccc1. The maximum atomic E-state index is 5.42. The molecule has 1 heterocycles. The van der Waals surface area contributed by atoms with Gasteiger partial charge < -0.3 is 20.3 Å². The van der Waals surface area contributed by atoms with Crippen molar-refractivity contribution < 1.29 is 4.74 Å². The summed E-state index contributed by atoms with van der Waals surface area (Å²) >= 11 is 0. The second-order valence-electron chi connectivity index (χ2n) is 6.98. The van der Waals surface area contributed by atoms with Crippen LogP contribution in [0.25, 0.3) is 0 Å². The molecule has 5 nitrogen and oxygen atoms in total. The number of benzene rings is 2. The van der Waals surface area contributed by atoms with Gasteiger partial charge in [-0.2, -0.15) is 0 Å². The fourth-order valence-corrected chi connectivity index (χ4v) is 3.29. The molecule has 0 radical (unpaired) electrons. The monoisotopic (exact) mass is 380 g/mol. The summed E-state index contributed by atoms with van der Waals surface area (Å²) in [5.74, 6) is 0.882. The number of nitrogens with zero attached hydrogens (tertiary/aromatic N) is 2. The average Bonchev–Trinajstić information content (AvgIpc) is 2.76. The Hall–Kier alpha value is -2.53. The number of hydrogen-bond donors (Lipinski definition) is 2. The molecule has 2 aromatic carbocycles. The third kappa shape index (κ3) is 6.57. The summed E-state index contributed by atoms with van der Waals surface area (Å²) in [7, 11) is 0. The highest BCUT2D eigenvalue weighted by Gasteiger charge is 2.10. The van der Waals surface area contributed by atoms with Gasteiger partial charge in [-0.1, -0.05) is 42.5 Å². The van der Waals surface area contributed by atoms with Gasteiger partial charge in [0.25, 0.3) is 0 Å². The number of anilines is 1. The largest absolute Gasteiger partial charge is 0.378 e. The Bertz CT molecular complexity index is 709. The first kappa shape index (κ1) is 20.2. The van der Waals surface area contributed by atoms with Crippen molar-refractivity contribution in [1.82, 2.24) is 10.6 Å². The summed E-state index contributed by atoms with van der Waals surface area (Å²) < 4.78 is 5.42. The normalized spacial score (nSPS) is 14.8. The number of nitrogens with one attached hydrogen (secondary N) is 2. The molecule has 0 aliphatic carbocycles. The van der Waals surface area contributed by atoms with E-state index >= 15 is 0 Å². The van der Waals surface area contributed by atoms with Gasteiger partial charge in [-0.05, 0) is 43.0 Å². The lowest BCUT2D eigenvalue weighted by Crippen LogP contribution is -2.37. The Labute approximate surface area is 168 Å². The van der Waals surface area contributed by atoms with Crippen LogP contribution in [0.1, 0.15) is 24.5 Å². The van der Waals surface area contributed by atoms with E-state index in [0.717, 1.165) is 58.2 Å². The lowest BCUT2D eigenvalue weighted by atomic mass is 10.1. The van der Waals surface area contributed by atoms with Crippen molar-refractivity contribution in [2.75, 3.05) is 44.3 Å². The topological polar surface area (TPSA) is 48.9 Å². The number of ether oxygens (including phenoxy) is 1. The first-order chi connectivity index (χ1) is 13.8. The number of morpholine rings is 1. The Kier molecular flexibility index (Phi) is 8.19. The predicted molar refractivity (Wildman–Crippen MR) is 117 cm³/mol. The zero-order chi connectivity index (χ0) is 19.4. The summed E-state index contributed by atoms with van der Waals surface area (Å²) in [5.41, 5.74) is 3.87. The van der Waals surface area contributed by atoms with Crippen molar-refractivity contribution in [3.05, 3.63) is 65.7 Å². The van der Waals surface area contributed by atoms with Crippen molar-refractivity contribution in [3.8, 4) is 0 Å². The standard InChI is InChI=1S/C23H32N4O/c1-2-24-23(25-14-6-9-20-7-4-3-5-8-20)26-19-21-10-12-22(13-11-21)27-15-17-28-18-16-27/h3-5,7-8,10-13H,2,6,9,14-19H2,1H3,(H2,24,25,26). The van der Waals surface area contributed by atoms with E-state index < -0.39 is 0 Å². The van der Waals surface area contributed by atoms with E-state index in [-0.39, 0.29) is 0 Å². The minimum atomic E-state index is 0.678. The number of aryl methyl sites for hydroxylation is 1. The first-order valence-corrected chi connectivity index (χ1v) is 10.3. The maximum absolute atomic E-state index is 5.42. The Morgan fingerprint density at radius 1 is 0.964 bits per heavy atom. The molecule has 0 saturated carbocycles. The average molecular weight is 381 g/mol. The van der Waals surface area contributed by atoms with Gasteiger partial charge >= 0.3 is 0 Å². The fraction of sp³-hybridized carbons (Fsp3) is 0.435. The summed E-state index contributed by atoms with van der Waals surface area (Å²) in [4.78, 5) is 7.10. The van der Waals surface area contributed by atoms with Gasteiger partial charge in [0.2, 0.25) is 0 Å². The van der Waals surface area contributed by atoms with Gasteiger partial charge in [-0.15, -0.1) is 0 Å². The third-order valence-corrected chi connectivity index (χ3v) is 4.85. The van der Waals surface area contributed by atoms with Crippen LogP contribution in [0.5, 0.6) is 0 Å². The quantitative estimate of drug-likeness (QED) is 0.419. The van der Waals surface area contributed by atoms with Crippen LogP contribution in [-0.4, -0.2) is 45.4 Å². The zero-order valence-electron chi connectivity index (χ0n) is 16.9. The minimum Gasteiger partial charge on any atom is -0.378 e. The second kappa shape index (κ2) is 11.3. The van der Waals surface area contributed by atoms with Crippen molar-refractivity contribution in [2.45, 2.75) is 26.3 Å². The lowest BCUT2D eigenvalue weighted by molar-refractivity contribution is 0.122. The maximum Gasteiger partial charge on any atom is 0.191 e. The van der Waals surface area contributed by atoms with E-state index in [4.69, 9.17) is 9.73 Å². The molecule has 150 valence electrons. The van der Waals surface area contributed by atoms with Gasteiger partial charge in [0, 0.05) is 31.9 Å². The minimum absolute atomic E-state index is 0.678. The van der Waals surface area contributed by atoms with E-state index in [1.54, 1.807) is 0 Å². The predicted octanol–water partition coefficient (Wildman–Crippen LogP) is 3.21. The molecule has 0 unspecified atom stereocenters. The molecule has 5 heteroatoms. The molecule has 2 N–H and O–H groups in total. The van der Waals surface area contributed by atoms with E-state index in [2.05, 4.69) is 77.1 Å². The van der Waals surface area contributed by atoms with Crippen molar-refractivity contribution >= 4 is 11.6 Å². The van der Waals surface area contributed by atoms with Crippen LogP contribution in [0.4, 0.5) is 5.69 Å². The van der Waals surface area contributed by atoms with Crippen LogP contribution in [0.2, 0.25) is 0 Å². The van der Waals surface area contributed by atoms with Crippen molar-refractivity contribution in [3.63, 3.8) is 0 Å². The molecule has 0 bridgehead atoms. The van der Waals surface area contributed by atoms with Crippen LogP contribution in [0.3, 0.4) is 0 Å². The molecule has 1 aliphatic rings. The molecule has 0 spiro atoms. The molecule has 0 atom stereocenters. The van der Waals surface area contributed by atoms with Crippen LogP contribution in [-0.2, 0) is 17.7 Å². The van der Waals surface area contributed by atoms with Gasteiger partial charge in [0.15, 0.2) is 5.96 Å². The van der Waals surface area contributed by atoms with Gasteiger partial charge in [-0.3, -0.25) is 0 Å². The van der Waals surface area contributed by atoms with Crippen LogP contribution >= 0.6 is 0 Å². The highest BCUT2D eigenvalue weighted by Crippen LogP contribution is 2.17. The number of hydrogen-bond acceptors (Lipinski definition) is 3. The van der Waals surface area contributed by atoms with Crippen molar-refractivity contribution in [1.29, 1.82) is 0 Å². The molecular formula is C23H32N4O. The highest BCUT2D eigenvalue weighted by molar-refractivity contribution is 5.79. The van der Waals surface area contributed by atoms with Gasteiger partial charge in [0.1, 0.15) is 0 Å². The van der Waals surface area contributed by atoms with E-state index in [9.17, 15) is 0 Å². The third-order valence-electron chi connectivity index (χ3n) is 4.85. The Morgan fingerprint density at radius 2 is 1.71 bits per heavy atom. The molecule has 2 aromatic rings. The van der Waals surface area contributed by atoms with Crippen LogP contribution < -0.4 is 15.5 Å². The zero-order valence-corrected chi connectivity index (χ0v) is 16.9. The molecular weight excluding hydrogens is 348 g/mol.